The van der Waals surface area contributed by atoms with E-state index in [2.05, 4.69) is 12.2 Å². The molecule has 0 fully saturated rings. The maximum Gasteiger partial charge on any atom is 0.137 e. The van der Waals surface area contributed by atoms with E-state index < -0.39 is 0 Å². The Morgan fingerprint density at radius 3 is 2.75 bits per heavy atom. The average molecular weight is 241 g/mol. The van der Waals surface area contributed by atoms with E-state index in [4.69, 9.17) is 0 Å². The zero-order chi connectivity index (χ0) is 12.0. The number of nitrogens with one attached hydrogen (secondary N) is 1. The molecule has 1 aromatic carbocycles. The molecule has 1 aromatic rings. The Hall–Kier alpha value is -0.540. The molecule has 0 saturated carbocycles. The summed E-state index contributed by atoms with van der Waals surface area (Å²) in [5.74, 6) is 0.898. The van der Waals surface area contributed by atoms with Crippen molar-refractivity contribution in [1.82, 2.24) is 5.32 Å². The van der Waals surface area contributed by atoms with E-state index in [9.17, 15) is 4.39 Å². The van der Waals surface area contributed by atoms with Gasteiger partial charge in [-0.3, -0.25) is 0 Å². The summed E-state index contributed by atoms with van der Waals surface area (Å²) in [6, 6.07) is 5.72. The molecule has 0 amide bonds. The molecule has 1 rings (SSSR count). The quantitative estimate of drug-likeness (QED) is 0.597. The summed E-state index contributed by atoms with van der Waals surface area (Å²) in [6.45, 7) is 4.17. The molecule has 0 bridgehead atoms. The second-order valence-electron chi connectivity index (χ2n) is 3.90. The van der Waals surface area contributed by atoms with E-state index >= 15 is 0 Å². The van der Waals surface area contributed by atoms with Crippen LogP contribution in [0.25, 0.3) is 0 Å². The first kappa shape index (κ1) is 13.5. The van der Waals surface area contributed by atoms with Crippen LogP contribution in [0, 0.1) is 5.82 Å². The fourth-order valence-electron chi connectivity index (χ4n) is 1.40. The van der Waals surface area contributed by atoms with Crippen LogP contribution in [-0.2, 0) is 0 Å². The Labute approximate surface area is 102 Å². The Bertz CT molecular complexity index is 328. The topological polar surface area (TPSA) is 12.0 Å². The zero-order valence-electron chi connectivity index (χ0n) is 10.2. The molecule has 0 saturated heterocycles. The highest BCUT2D eigenvalue weighted by molar-refractivity contribution is 7.99. The van der Waals surface area contributed by atoms with Crippen LogP contribution in [0.4, 0.5) is 4.39 Å². The van der Waals surface area contributed by atoms with E-state index in [1.807, 2.05) is 26.1 Å². The predicted molar refractivity (Wildman–Crippen MR) is 69.5 cm³/mol. The van der Waals surface area contributed by atoms with E-state index in [-0.39, 0.29) is 11.9 Å². The van der Waals surface area contributed by atoms with Crippen molar-refractivity contribution in [2.45, 2.75) is 37.6 Å². The van der Waals surface area contributed by atoms with Gasteiger partial charge in [-0.2, -0.15) is 0 Å². The molecule has 0 unspecified atom stereocenters. The second kappa shape index (κ2) is 6.92. The third kappa shape index (κ3) is 3.80. The van der Waals surface area contributed by atoms with Crippen molar-refractivity contribution in [2.24, 2.45) is 0 Å². The summed E-state index contributed by atoms with van der Waals surface area (Å²) < 4.78 is 13.7. The summed E-state index contributed by atoms with van der Waals surface area (Å²) in [5.41, 5.74) is 1.000. The van der Waals surface area contributed by atoms with Gasteiger partial charge < -0.3 is 5.32 Å². The zero-order valence-corrected chi connectivity index (χ0v) is 11.0. The van der Waals surface area contributed by atoms with E-state index in [1.165, 1.54) is 0 Å². The first-order valence-corrected chi connectivity index (χ1v) is 6.77. The third-order valence-corrected chi connectivity index (χ3v) is 3.78. The Morgan fingerprint density at radius 1 is 1.44 bits per heavy atom. The van der Waals surface area contributed by atoms with Gasteiger partial charge in [-0.05, 0) is 43.8 Å². The lowest BCUT2D eigenvalue weighted by Crippen LogP contribution is -2.12. The molecule has 0 radical (unpaired) electrons. The molecular formula is C13H20FNS. The standard InChI is InChI=1S/C13H20FNS/c1-4-5-8-16-13-7-6-11(9-12(13)14)10(2)15-3/h6-7,9-10,15H,4-5,8H2,1-3H3/t10-/m1/s1. The maximum absolute atomic E-state index is 13.7. The minimum atomic E-state index is -0.0966. The fraction of sp³-hybridized carbons (Fsp3) is 0.538. The van der Waals surface area contributed by atoms with Crippen LogP contribution in [-0.4, -0.2) is 12.8 Å². The van der Waals surface area contributed by atoms with E-state index in [0.29, 0.717) is 0 Å². The van der Waals surface area contributed by atoms with Crippen molar-refractivity contribution >= 4 is 11.8 Å². The predicted octanol–water partition coefficient (Wildman–Crippen LogP) is 4.00. The highest BCUT2D eigenvalue weighted by atomic mass is 32.2. The number of thioether (sulfide) groups is 1. The third-order valence-electron chi connectivity index (χ3n) is 2.64. The Morgan fingerprint density at radius 2 is 2.19 bits per heavy atom. The Kier molecular flexibility index (Phi) is 5.85. The average Bonchev–Trinajstić information content (AvgIpc) is 2.30. The van der Waals surface area contributed by atoms with Crippen LogP contribution >= 0.6 is 11.8 Å². The van der Waals surface area contributed by atoms with Crippen LogP contribution in [0.3, 0.4) is 0 Å². The molecule has 0 aromatic heterocycles. The lowest BCUT2D eigenvalue weighted by Gasteiger charge is -2.11. The summed E-state index contributed by atoms with van der Waals surface area (Å²) in [5, 5.41) is 3.11. The summed E-state index contributed by atoms with van der Waals surface area (Å²) >= 11 is 1.60. The number of halogens is 1. The van der Waals surface area contributed by atoms with Crippen molar-refractivity contribution in [3.8, 4) is 0 Å². The number of unbranched alkanes of at least 4 members (excludes halogenated alkanes) is 1. The van der Waals surface area contributed by atoms with Crippen LogP contribution < -0.4 is 5.32 Å². The highest BCUT2D eigenvalue weighted by Gasteiger charge is 2.07. The Balaban J connectivity index is 2.67. The molecule has 3 heteroatoms. The number of hydrogen-bond donors (Lipinski definition) is 1. The van der Waals surface area contributed by atoms with Crippen molar-refractivity contribution < 1.29 is 4.39 Å². The molecule has 0 heterocycles. The molecule has 0 spiro atoms. The normalized spacial score (nSPS) is 12.8. The molecule has 90 valence electrons. The van der Waals surface area contributed by atoms with Gasteiger partial charge in [0.05, 0.1) is 0 Å². The highest BCUT2D eigenvalue weighted by Crippen LogP contribution is 2.25. The molecule has 0 aliphatic heterocycles. The molecular weight excluding hydrogens is 221 g/mol. The first-order chi connectivity index (χ1) is 7.69. The van der Waals surface area contributed by atoms with Gasteiger partial charge in [-0.25, -0.2) is 4.39 Å². The van der Waals surface area contributed by atoms with Crippen molar-refractivity contribution in [3.05, 3.63) is 29.6 Å². The molecule has 1 nitrogen and oxygen atoms in total. The van der Waals surface area contributed by atoms with Crippen LogP contribution in [0.2, 0.25) is 0 Å². The second-order valence-corrected chi connectivity index (χ2v) is 5.04. The van der Waals surface area contributed by atoms with Crippen LogP contribution in [0.15, 0.2) is 23.1 Å². The van der Waals surface area contributed by atoms with Crippen molar-refractivity contribution in [3.63, 3.8) is 0 Å². The largest absolute Gasteiger partial charge is 0.313 e. The van der Waals surface area contributed by atoms with E-state index in [1.54, 1.807) is 17.8 Å². The van der Waals surface area contributed by atoms with Crippen LogP contribution in [0.1, 0.15) is 38.3 Å². The summed E-state index contributed by atoms with van der Waals surface area (Å²) in [7, 11) is 1.88. The maximum atomic E-state index is 13.7. The lowest BCUT2D eigenvalue weighted by atomic mass is 10.1. The molecule has 1 atom stereocenters. The van der Waals surface area contributed by atoms with Crippen molar-refractivity contribution in [2.75, 3.05) is 12.8 Å². The van der Waals surface area contributed by atoms with Gasteiger partial charge in [-0.15, -0.1) is 11.8 Å². The molecule has 0 aliphatic rings. The monoisotopic (exact) mass is 241 g/mol. The van der Waals surface area contributed by atoms with Crippen molar-refractivity contribution in [1.29, 1.82) is 0 Å². The smallest absolute Gasteiger partial charge is 0.137 e. The van der Waals surface area contributed by atoms with Gasteiger partial charge in [-0.1, -0.05) is 19.4 Å². The molecule has 16 heavy (non-hydrogen) atoms. The summed E-state index contributed by atoms with van der Waals surface area (Å²) in [4.78, 5) is 0.764. The van der Waals surface area contributed by atoms with E-state index in [0.717, 1.165) is 29.1 Å². The first-order valence-electron chi connectivity index (χ1n) is 5.78. The van der Waals surface area contributed by atoms with Gasteiger partial charge in [0.25, 0.3) is 0 Å². The lowest BCUT2D eigenvalue weighted by molar-refractivity contribution is 0.587. The van der Waals surface area contributed by atoms with Gasteiger partial charge in [0, 0.05) is 10.9 Å². The van der Waals surface area contributed by atoms with Gasteiger partial charge in [0.2, 0.25) is 0 Å². The minimum absolute atomic E-state index is 0.0966. The molecule has 1 N–H and O–H groups in total. The van der Waals surface area contributed by atoms with Gasteiger partial charge >= 0.3 is 0 Å². The summed E-state index contributed by atoms with van der Waals surface area (Å²) in [6.07, 6.45) is 2.29. The number of hydrogen-bond acceptors (Lipinski definition) is 2. The SMILES string of the molecule is CCCCSc1ccc([C@@H](C)NC)cc1F. The van der Waals surface area contributed by atoms with Gasteiger partial charge in [0.15, 0.2) is 0 Å². The minimum Gasteiger partial charge on any atom is -0.313 e. The molecule has 0 aliphatic carbocycles. The van der Waals surface area contributed by atoms with Crippen LogP contribution in [0.5, 0.6) is 0 Å². The number of rotatable bonds is 6. The number of benzene rings is 1. The van der Waals surface area contributed by atoms with Gasteiger partial charge in [0.1, 0.15) is 5.82 Å². The fourth-order valence-corrected chi connectivity index (χ4v) is 2.41.